The number of hydrogen-bond acceptors (Lipinski definition) is 5. The van der Waals surface area contributed by atoms with Crippen LogP contribution in [0, 0.1) is 6.92 Å². The minimum atomic E-state index is -3.53. The smallest absolute Gasteiger partial charge is 0.242 e. The molecule has 0 aliphatic carbocycles. The average molecular weight is 297 g/mol. The number of aryl methyl sites for hydroxylation is 1. The number of sulfonamides is 1. The molecule has 2 rings (SSSR count). The fraction of sp³-hybridized carbons (Fsp3) is 0.250. The maximum absolute atomic E-state index is 12.3. The van der Waals surface area contributed by atoms with Gasteiger partial charge in [0.05, 0.1) is 0 Å². The Kier molecular flexibility index (Phi) is 4.31. The van der Waals surface area contributed by atoms with Gasteiger partial charge in [-0.1, -0.05) is 0 Å². The van der Waals surface area contributed by atoms with Gasteiger partial charge in [-0.3, -0.25) is 4.98 Å². The van der Waals surface area contributed by atoms with Crippen molar-refractivity contribution in [2.75, 3.05) is 0 Å². The summed E-state index contributed by atoms with van der Waals surface area (Å²) in [6, 6.07) is 3.54. The molecule has 0 aliphatic rings. The van der Waals surface area contributed by atoms with E-state index in [-0.39, 0.29) is 13.1 Å². The fourth-order valence-corrected chi connectivity index (χ4v) is 4.46. The number of rotatable bonds is 5. The number of pyridine rings is 1. The van der Waals surface area contributed by atoms with E-state index in [1.807, 2.05) is 5.38 Å². The van der Waals surface area contributed by atoms with Crippen LogP contribution in [0.25, 0.3) is 0 Å². The van der Waals surface area contributed by atoms with E-state index >= 15 is 0 Å². The van der Waals surface area contributed by atoms with Crippen LogP contribution in [-0.4, -0.2) is 13.4 Å². The standard InChI is InChI=1S/C12H15N3O2S2/c1-9-8-18-11(6-13)12(9)19(16,17)15-7-10-2-4-14-5-3-10/h2-5,8,15H,6-7,13H2,1H3. The highest BCUT2D eigenvalue weighted by Crippen LogP contribution is 2.26. The maximum atomic E-state index is 12.3. The van der Waals surface area contributed by atoms with Gasteiger partial charge in [-0.2, -0.15) is 0 Å². The van der Waals surface area contributed by atoms with Crippen molar-refractivity contribution in [3.8, 4) is 0 Å². The van der Waals surface area contributed by atoms with Gasteiger partial charge in [0.1, 0.15) is 4.90 Å². The highest BCUT2D eigenvalue weighted by atomic mass is 32.2. The molecule has 5 nitrogen and oxygen atoms in total. The van der Waals surface area contributed by atoms with E-state index in [2.05, 4.69) is 9.71 Å². The van der Waals surface area contributed by atoms with Crippen molar-refractivity contribution in [2.45, 2.75) is 24.9 Å². The first-order valence-corrected chi connectivity index (χ1v) is 8.06. The molecule has 0 aromatic carbocycles. The fourth-order valence-electron chi connectivity index (χ4n) is 1.74. The normalized spacial score (nSPS) is 11.7. The summed E-state index contributed by atoms with van der Waals surface area (Å²) >= 11 is 1.37. The van der Waals surface area contributed by atoms with Crippen LogP contribution in [-0.2, 0) is 23.1 Å². The second-order valence-corrected chi connectivity index (χ2v) is 6.72. The van der Waals surface area contributed by atoms with Gasteiger partial charge in [-0.05, 0) is 35.6 Å². The number of nitrogens with one attached hydrogen (secondary N) is 1. The molecule has 0 fully saturated rings. The Morgan fingerprint density at radius 1 is 1.37 bits per heavy atom. The van der Waals surface area contributed by atoms with E-state index in [0.717, 1.165) is 11.1 Å². The number of nitrogens with zero attached hydrogens (tertiary/aromatic N) is 1. The number of hydrogen-bond donors (Lipinski definition) is 2. The molecule has 2 aromatic rings. The van der Waals surface area contributed by atoms with Gasteiger partial charge in [0.2, 0.25) is 10.0 Å². The third-order valence-corrected chi connectivity index (χ3v) is 5.55. The molecule has 0 aliphatic heterocycles. The Morgan fingerprint density at radius 2 is 2.05 bits per heavy atom. The van der Waals surface area contributed by atoms with Gasteiger partial charge in [0.15, 0.2) is 0 Å². The lowest BCUT2D eigenvalue weighted by Crippen LogP contribution is -2.24. The van der Waals surface area contributed by atoms with Crippen LogP contribution in [0.15, 0.2) is 34.8 Å². The van der Waals surface area contributed by atoms with Gasteiger partial charge in [0.25, 0.3) is 0 Å². The molecule has 0 unspecified atom stereocenters. The SMILES string of the molecule is Cc1csc(CN)c1S(=O)(=O)NCc1ccncc1. The van der Waals surface area contributed by atoms with Crippen LogP contribution in [0.1, 0.15) is 16.0 Å². The Balaban J connectivity index is 2.21. The van der Waals surface area contributed by atoms with Gasteiger partial charge in [-0.15, -0.1) is 11.3 Å². The van der Waals surface area contributed by atoms with Crippen LogP contribution < -0.4 is 10.5 Å². The minimum Gasteiger partial charge on any atom is -0.326 e. The summed E-state index contributed by atoms with van der Waals surface area (Å²) in [7, 11) is -3.53. The van der Waals surface area contributed by atoms with Crippen molar-refractivity contribution in [1.29, 1.82) is 0 Å². The Hall–Kier alpha value is -1.28. The number of aromatic nitrogens is 1. The van der Waals surface area contributed by atoms with E-state index in [9.17, 15) is 8.42 Å². The zero-order valence-electron chi connectivity index (χ0n) is 10.5. The third kappa shape index (κ3) is 3.19. The average Bonchev–Trinajstić information content (AvgIpc) is 2.80. The molecule has 7 heteroatoms. The molecular weight excluding hydrogens is 282 g/mol. The van der Waals surface area contributed by atoms with Crippen molar-refractivity contribution in [3.05, 3.63) is 45.9 Å². The topological polar surface area (TPSA) is 85.1 Å². The zero-order valence-corrected chi connectivity index (χ0v) is 12.1. The van der Waals surface area contributed by atoms with Crippen LogP contribution >= 0.6 is 11.3 Å². The van der Waals surface area contributed by atoms with E-state index in [1.54, 1.807) is 31.5 Å². The molecule has 19 heavy (non-hydrogen) atoms. The van der Waals surface area contributed by atoms with Crippen molar-refractivity contribution in [1.82, 2.24) is 9.71 Å². The first-order valence-electron chi connectivity index (χ1n) is 5.70. The van der Waals surface area contributed by atoms with Crippen molar-refractivity contribution >= 4 is 21.4 Å². The maximum Gasteiger partial charge on any atom is 0.242 e. The molecule has 0 spiro atoms. The van der Waals surface area contributed by atoms with Crippen LogP contribution in [0.2, 0.25) is 0 Å². The predicted octanol–water partition coefficient (Wildman–Crippen LogP) is 1.39. The largest absolute Gasteiger partial charge is 0.326 e. The van der Waals surface area contributed by atoms with E-state index in [1.165, 1.54) is 11.3 Å². The number of nitrogens with two attached hydrogens (primary N) is 1. The molecule has 3 N–H and O–H groups in total. The summed E-state index contributed by atoms with van der Waals surface area (Å²) in [6.45, 7) is 2.24. The van der Waals surface area contributed by atoms with Crippen molar-refractivity contribution in [2.24, 2.45) is 5.73 Å². The quantitative estimate of drug-likeness (QED) is 0.873. The third-order valence-electron chi connectivity index (χ3n) is 2.66. The second kappa shape index (κ2) is 5.79. The molecule has 102 valence electrons. The van der Waals surface area contributed by atoms with Crippen LogP contribution in [0.4, 0.5) is 0 Å². The highest BCUT2D eigenvalue weighted by molar-refractivity contribution is 7.89. The summed E-state index contributed by atoms with van der Waals surface area (Å²) in [5.41, 5.74) is 7.17. The van der Waals surface area contributed by atoms with Gasteiger partial charge in [-0.25, -0.2) is 13.1 Å². The van der Waals surface area contributed by atoms with Crippen molar-refractivity contribution < 1.29 is 8.42 Å². The Morgan fingerprint density at radius 3 is 2.68 bits per heavy atom. The molecule has 0 bridgehead atoms. The zero-order chi connectivity index (χ0) is 13.9. The lowest BCUT2D eigenvalue weighted by molar-refractivity contribution is 0.580. The molecule has 0 saturated carbocycles. The molecule has 2 aromatic heterocycles. The molecule has 0 atom stereocenters. The van der Waals surface area contributed by atoms with E-state index in [4.69, 9.17) is 5.73 Å². The van der Waals surface area contributed by atoms with Crippen molar-refractivity contribution in [3.63, 3.8) is 0 Å². The molecular formula is C12H15N3O2S2. The monoisotopic (exact) mass is 297 g/mol. The Labute approximate surface area is 116 Å². The molecule has 0 radical (unpaired) electrons. The lowest BCUT2D eigenvalue weighted by Gasteiger charge is -2.08. The summed E-state index contributed by atoms with van der Waals surface area (Å²) in [4.78, 5) is 4.88. The first kappa shape index (κ1) is 14.1. The summed E-state index contributed by atoms with van der Waals surface area (Å²) in [5, 5.41) is 1.81. The summed E-state index contributed by atoms with van der Waals surface area (Å²) in [6.07, 6.45) is 3.26. The van der Waals surface area contributed by atoms with Crippen LogP contribution in [0.3, 0.4) is 0 Å². The van der Waals surface area contributed by atoms with Gasteiger partial charge >= 0.3 is 0 Å². The first-order chi connectivity index (χ1) is 9.04. The molecule has 2 heterocycles. The van der Waals surface area contributed by atoms with Gasteiger partial charge < -0.3 is 5.73 Å². The Bertz CT molecular complexity index is 651. The summed E-state index contributed by atoms with van der Waals surface area (Å²) < 4.78 is 27.2. The summed E-state index contributed by atoms with van der Waals surface area (Å²) in [5.74, 6) is 0. The van der Waals surface area contributed by atoms with Gasteiger partial charge in [0, 0.05) is 30.4 Å². The molecule has 0 amide bonds. The highest BCUT2D eigenvalue weighted by Gasteiger charge is 2.21. The minimum absolute atomic E-state index is 0.226. The lowest BCUT2D eigenvalue weighted by atomic mass is 10.3. The molecule has 0 saturated heterocycles. The second-order valence-electron chi connectivity index (χ2n) is 4.06. The van der Waals surface area contributed by atoms with E-state index in [0.29, 0.717) is 9.77 Å². The van der Waals surface area contributed by atoms with E-state index < -0.39 is 10.0 Å². The predicted molar refractivity (Wildman–Crippen MR) is 75.2 cm³/mol. The van der Waals surface area contributed by atoms with Crippen LogP contribution in [0.5, 0.6) is 0 Å². The number of thiophene rings is 1.